The van der Waals surface area contributed by atoms with Crippen LogP contribution < -0.4 is 26.2 Å². The van der Waals surface area contributed by atoms with Crippen molar-refractivity contribution in [3.63, 3.8) is 0 Å². The van der Waals surface area contributed by atoms with E-state index < -0.39 is 55.1 Å². The quantitative estimate of drug-likeness (QED) is 0.121. The van der Waals surface area contributed by atoms with Gasteiger partial charge >= 0.3 is 0 Å². The van der Waals surface area contributed by atoms with Crippen LogP contribution in [0.1, 0.15) is 11.0 Å². The van der Waals surface area contributed by atoms with Crippen LogP contribution in [0.3, 0.4) is 0 Å². The van der Waals surface area contributed by atoms with Gasteiger partial charge in [-0.25, -0.2) is 0 Å². The smallest absolute Gasteiger partial charge is 0.252 e. The minimum Gasteiger partial charge on any atom is -0.310 e. The average molecular weight is 1200 g/mol. The number of anilines is 6. The summed E-state index contributed by atoms with van der Waals surface area (Å²) in [7, 11) is 0. The van der Waals surface area contributed by atoms with Crippen molar-refractivity contribution in [1.29, 1.82) is 0 Å². The van der Waals surface area contributed by atoms with Crippen LogP contribution in [-0.2, 0) is 0 Å². The van der Waals surface area contributed by atoms with Crippen LogP contribution in [0, 0.1) is 0 Å². The highest BCUT2D eigenvalue weighted by atomic mass is 15.2. The van der Waals surface area contributed by atoms with Gasteiger partial charge in [0.05, 0.1) is 39.1 Å². The number of para-hydroxylation sites is 2. The third-order valence-corrected chi connectivity index (χ3v) is 18.6. The molecule has 0 saturated heterocycles. The number of hydrogen-bond donors (Lipinski definition) is 0. The fourth-order valence-corrected chi connectivity index (χ4v) is 14.5. The van der Waals surface area contributed by atoms with Crippen molar-refractivity contribution in [3.8, 4) is 94.7 Å². The Kier molecular flexibility index (Phi) is 11.3. The number of rotatable bonds is 11. The summed E-state index contributed by atoms with van der Waals surface area (Å²) in [5.41, 5.74) is 23.1. The van der Waals surface area contributed by atoms with Gasteiger partial charge in [0.2, 0.25) is 0 Å². The lowest BCUT2D eigenvalue weighted by Crippen LogP contribution is -2.61. The van der Waals surface area contributed by atoms with Crippen molar-refractivity contribution in [2.45, 2.75) is 0 Å². The zero-order valence-corrected chi connectivity index (χ0v) is 50.7. The van der Waals surface area contributed by atoms with Crippen LogP contribution in [0.5, 0.6) is 0 Å². The van der Waals surface area contributed by atoms with E-state index >= 15 is 0 Å². The first-order valence-corrected chi connectivity index (χ1v) is 31.6. The molecule has 438 valence electrons. The van der Waals surface area contributed by atoms with E-state index in [9.17, 15) is 11.0 Å². The van der Waals surface area contributed by atoms with Crippen LogP contribution >= 0.6 is 0 Å². The molecule has 94 heavy (non-hydrogen) atoms. The van der Waals surface area contributed by atoms with Gasteiger partial charge in [-0.1, -0.05) is 291 Å². The molecule has 2 aliphatic heterocycles. The van der Waals surface area contributed by atoms with Crippen LogP contribution in [-0.4, -0.2) is 21.2 Å². The maximum Gasteiger partial charge on any atom is 0.252 e. The lowest BCUT2D eigenvalue weighted by Gasteiger charge is -2.46. The Morgan fingerprint density at radius 1 is 0.277 bits per heavy atom. The Bertz CT molecular complexity index is 5590. The van der Waals surface area contributed by atoms with Crippen molar-refractivity contribution in [2.24, 2.45) is 0 Å². The molecule has 3 aromatic heterocycles. The van der Waals surface area contributed by atoms with Crippen LogP contribution in [0.15, 0.2) is 352 Å². The molecule has 0 amide bonds. The molecule has 0 radical (unpaired) electrons. The van der Waals surface area contributed by atoms with Gasteiger partial charge in [0.1, 0.15) is 0 Å². The van der Waals surface area contributed by atoms with E-state index in [-0.39, 0.29) is 21.8 Å². The van der Waals surface area contributed by atoms with Gasteiger partial charge < -0.3 is 14.4 Å². The van der Waals surface area contributed by atoms with Crippen LogP contribution in [0.4, 0.5) is 34.1 Å². The highest BCUT2D eigenvalue weighted by Gasteiger charge is 2.46. The molecule has 2 aliphatic rings. The zero-order chi connectivity index (χ0) is 69.0. The van der Waals surface area contributed by atoms with Crippen molar-refractivity contribution in [3.05, 3.63) is 352 Å². The second-order valence-electron chi connectivity index (χ2n) is 23.8. The summed E-state index contributed by atoms with van der Waals surface area (Å²) in [4.78, 5) is 14.9. The van der Waals surface area contributed by atoms with Crippen molar-refractivity contribution in [1.82, 2.24) is 14.5 Å². The maximum absolute atomic E-state index is 10.0. The molecule has 0 N–H and O–H groups in total. The first-order valence-electron chi connectivity index (χ1n) is 35.6. The van der Waals surface area contributed by atoms with E-state index in [0.29, 0.717) is 17.1 Å². The number of nitrogens with zero attached hydrogens (tertiary/aromatic N) is 5. The Morgan fingerprint density at radius 2 is 0.574 bits per heavy atom. The van der Waals surface area contributed by atoms with Gasteiger partial charge in [-0.2, -0.15) is 0 Å². The van der Waals surface area contributed by atoms with Gasteiger partial charge in [-0.05, 0) is 120 Å². The zero-order valence-electron chi connectivity index (χ0n) is 58.7. The molecule has 0 bridgehead atoms. The van der Waals surface area contributed by atoms with E-state index in [1.165, 1.54) is 0 Å². The highest BCUT2D eigenvalue weighted by Crippen LogP contribution is 2.54. The van der Waals surface area contributed by atoms with E-state index in [4.69, 9.17) is 9.97 Å². The monoisotopic (exact) mass is 1200 g/mol. The fourth-order valence-electron chi connectivity index (χ4n) is 14.5. The largest absolute Gasteiger partial charge is 0.310 e. The molecule has 6 heteroatoms. The van der Waals surface area contributed by atoms with Crippen molar-refractivity contribution in [2.75, 3.05) is 9.80 Å². The third kappa shape index (κ3) is 9.02. The molecular formula is C88H58BN5. The molecule has 5 heterocycles. The molecule has 13 aromatic carbocycles. The normalized spacial score (nSPS) is 13.4. The number of hydrogen-bond acceptors (Lipinski definition) is 4. The molecular weight excluding hydrogens is 1140 g/mol. The SMILES string of the molecule is [2H]c1c([2H])c([2H])c2c(c1[2H])c1c([2H])c([2H])c([2H])c([2H])c1n2-c1cc2c3c(c1)N(c1c(-c4ccccc4)cncc1-c1ccccc1)c1ccc(-c4ccccc4-c4ccccc4)cc1B3c1cc(-c3ccccc3-c3ccccc3)ccc1N2c1c(-c2ccccc2)cncc1-c1ccccc1. The van der Waals surface area contributed by atoms with Gasteiger partial charge in [-0.15, -0.1) is 0 Å². The molecule has 0 unspecified atom stereocenters. The number of benzene rings is 13. The minimum atomic E-state index is -0.577. The third-order valence-electron chi connectivity index (χ3n) is 18.6. The summed E-state index contributed by atoms with van der Waals surface area (Å²) in [6, 6.07) is 93.3. The molecule has 16 aromatic rings. The second kappa shape index (κ2) is 22.8. The molecule has 18 rings (SSSR count). The maximum atomic E-state index is 10.0. The summed E-state index contributed by atoms with van der Waals surface area (Å²) in [6.45, 7) is -0.577. The average Bonchev–Trinajstić information content (AvgIpc) is 1.10. The second-order valence-corrected chi connectivity index (χ2v) is 23.8. The first-order chi connectivity index (χ1) is 50.0. The summed E-state index contributed by atoms with van der Waals surface area (Å²) in [6.07, 6.45) is 7.71. The summed E-state index contributed by atoms with van der Waals surface area (Å²) in [5.74, 6) is 0. The summed E-state index contributed by atoms with van der Waals surface area (Å²) >= 11 is 0. The Hall–Kier alpha value is -12.4. The molecule has 5 nitrogen and oxygen atoms in total. The van der Waals surface area contributed by atoms with Gasteiger partial charge in [-0.3, -0.25) is 9.97 Å². The minimum absolute atomic E-state index is 0.00149. The Balaban J connectivity index is 1.07. The predicted octanol–water partition coefficient (Wildman–Crippen LogP) is 21.0. The first kappa shape index (κ1) is 46.7. The Labute approximate surface area is 558 Å². The predicted molar refractivity (Wildman–Crippen MR) is 394 cm³/mol. The van der Waals surface area contributed by atoms with E-state index in [1.54, 1.807) is 4.57 Å². The molecule has 0 fully saturated rings. The van der Waals surface area contributed by atoms with Crippen molar-refractivity contribution >= 4 is 79.0 Å². The molecule has 0 atom stereocenters. The van der Waals surface area contributed by atoms with Crippen molar-refractivity contribution < 1.29 is 11.0 Å². The number of fused-ring (bicyclic) bond motifs is 7. The molecule has 0 aliphatic carbocycles. The van der Waals surface area contributed by atoms with Crippen LogP contribution in [0.2, 0.25) is 0 Å². The fraction of sp³-hybridized carbons (Fsp3) is 0. The van der Waals surface area contributed by atoms with Crippen LogP contribution in [0.25, 0.3) is 117 Å². The van der Waals surface area contributed by atoms with Gasteiger partial charge in [0.25, 0.3) is 6.71 Å². The number of aromatic nitrogens is 3. The molecule has 0 saturated carbocycles. The van der Waals surface area contributed by atoms with E-state index in [1.807, 2.05) is 110 Å². The van der Waals surface area contributed by atoms with E-state index in [2.05, 4.69) is 204 Å². The van der Waals surface area contributed by atoms with Gasteiger partial charge in [0, 0.05) is 80.6 Å². The lowest BCUT2D eigenvalue weighted by atomic mass is 9.33. The Morgan fingerprint density at radius 3 is 0.915 bits per heavy atom. The standard InChI is InChI=1S/C88H58BN5/c1-7-27-59(28-8-1)68-39-19-21-41-70(68)65-47-49-82-78(51-65)89-79-52-66(71-42-22-20-40-69(71)60-29-9-2-10-30-60)48-50-83(79)94(88-76(63-35-15-5-16-36-63)57-91-58-77(88)64-37-17-6-18-38-64)85-54-67(92-80-45-25-23-43-72(80)73-44-24-26-46-81(73)92)53-84(86(85)89)93(82)87-74(61-31-11-3-12-32-61)55-90-56-75(87)62-33-13-4-14-34-62/h1-58H/i23D,24D,25D,26D,43D,44D,45D,46D. The highest BCUT2D eigenvalue weighted by molar-refractivity contribution is 7.00. The molecule has 0 spiro atoms. The van der Waals surface area contributed by atoms with Gasteiger partial charge in [0.15, 0.2) is 0 Å². The number of pyridine rings is 2. The summed E-state index contributed by atoms with van der Waals surface area (Å²) in [5, 5.41) is -0.0519. The summed E-state index contributed by atoms with van der Waals surface area (Å²) < 4.78 is 78.3. The van der Waals surface area contributed by atoms with E-state index in [0.717, 1.165) is 128 Å². The lowest BCUT2D eigenvalue weighted by molar-refractivity contribution is 1.16. The topological polar surface area (TPSA) is 37.2 Å².